The maximum absolute atomic E-state index is 13.0. The van der Waals surface area contributed by atoms with Gasteiger partial charge in [-0.15, -0.1) is 0 Å². The Bertz CT molecular complexity index is 1230. The van der Waals surface area contributed by atoms with Crippen LogP contribution in [0.25, 0.3) is 11.0 Å². The number of benzene rings is 2. The summed E-state index contributed by atoms with van der Waals surface area (Å²) in [6, 6.07) is 9.09. The summed E-state index contributed by atoms with van der Waals surface area (Å²) in [5.41, 5.74) is 4.10. The predicted molar refractivity (Wildman–Crippen MR) is 121 cm³/mol. The van der Waals surface area contributed by atoms with Crippen molar-refractivity contribution in [1.29, 1.82) is 0 Å². The van der Waals surface area contributed by atoms with Gasteiger partial charge in [0.05, 0.1) is 21.3 Å². The minimum absolute atomic E-state index is 0.0869. The Hall–Kier alpha value is -3.48. The van der Waals surface area contributed by atoms with Gasteiger partial charge in [-0.25, -0.2) is 4.79 Å². The number of nitrogens with zero attached hydrogens (tertiary/aromatic N) is 1. The first-order valence-corrected chi connectivity index (χ1v) is 10.6. The molecule has 7 heteroatoms. The van der Waals surface area contributed by atoms with Gasteiger partial charge in [0, 0.05) is 37.0 Å². The molecule has 0 saturated carbocycles. The topological polar surface area (TPSA) is 78.2 Å². The van der Waals surface area contributed by atoms with Crippen molar-refractivity contribution in [2.75, 3.05) is 27.9 Å². The first-order chi connectivity index (χ1) is 15.4. The Morgan fingerprint density at radius 2 is 1.66 bits per heavy atom. The Balaban J connectivity index is 1.51. The average Bonchev–Trinajstić information content (AvgIpc) is 2.80. The number of rotatable bonds is 6. The molecule has 7 nitrogen and oxygen atoms in total. The van der Waals surface area contributed by atoms with Crippen molar-refractivity contribution in [3.05, 3.63) is 63.0 Å². The van der Waals surface area contributed by atoms with Gasteiger partial charge in [0.25, 0.3) is 0 Å². The minimum atomic E-state index is -0.389. The van der Waals surface area contributed by atoms with Gasteiger partial charge in [-0.1, -0.05) is 0 Å². The Kier molecular flexibility index (Phi) is 6.08. The first kappa shape index (κ1) is 21.7. The number of fused-ring (bicyclic) bond motifs is 2. The highest BCUT2D eigenvalue weighted by Gasteiger charge is 2.23. The summed E-state index contributed by atoms with van der Waals surface area (Å²) >= 11 is 0. The van der Waals surface area contributed by atoms with Crippen molar-refractivity contribution in [2.45, 2.75) is 32.7 Å². The van der Waals surface area contributed by atoms with Crippen LogP contribution >= 0.6 is 0 Å². The van der Waals surface area contributed by atoms with Crippen LogP contribution in [-0.2, 0) is 24.2 Å². The molecule has 0 bridgehead atoms. The molecule has 0 unspecified atom stereocenters. The van der Waals surface area contributed by atoms with E-state index in [-0.39, 0.29) is 11.5 Å². The zero-order valence-electron chi connectivity index (χ0n) is 18.8. The SMILES string of the molecule is COc1cc2oc(=O)cc(C)c2cc1CCC(=O)N1CCc2cc(OC)c(OC)cc2C1. The number of hydrogen-bond acceptors (Lipinski definition) is 6. The van der Waals surface area contributed by atoms with Crippen LogP contribution in [-0.4, -0.2) is 38.7 Å². The van der Waals surface area contributed by atoms with Gasteiger partial charge in [-0.2, -0.15) is 0 Å². The van der Waals surface area contributed by atoms with Crippen molar-refractivity contribution in [3.8, 4) is 17.2 Å². The molecule has 0 atom stereocenters. The summed E-state index contributed by atoms with van der Waals surface area (Å²) in [5.74, 6) is 2.08. The molecule has 4 rings (SSSR count). The number of amides is 1. The third kappa shape index (κ3) is 4.15. The molecule has 0 N–H and O–H groups in total. The van der Waals surface area contributed by atoms with Gasteiger partial charge in [0.1, 0.15) is 11.3 Å². The second-order valence-corrected chi connectivity index (χ2v) is 7.95. The maximum Gasteiger partial charge on any atom is 0.336 e. The lowest BCUT2D eigenvalue weighted by atomic mass is 9.98. The fourth-order valence-electron chi connectivity index (χ4n) is 4.27. The molecule has 0 spiro atoms. The summed E-state index contributed by atoms with van der Waals surface area (Å²) in [5, 5.41) is 0.848. The summed E-state index contributed by atoms with van der Waals surface area (Å²) in [6.45, 7) is 3.09. The predicted octanol–water partition coefficient (Wildman–Crippen LogP) is 3.64. The molecule has 1 aliphatic heterocycles. The highest BCUT2D eigenvalue weighted by Crippen LogP contribution is 2.34. The van der Waals surface area contributed by atoms with Gasteiger partial charge in [0.15, 0.2) is 11.5 Å². The van der Waals surface area contributed by atoms with E-state index in [0.717, 1.165) is 28.5 Å². The van der Waals surface area contributed by atoms with Crippen LogP contribution in [0.5, 0.6) is 17.2 Å². The van der Waals surface area contributed by atoms with Gasteiger partial charge in [-0.05, 0) is 60.2 Å². The third-order valence-corrected chi connectivity index (χ3v) is 6.03. The van der Waals surface area contributed by atoms with E-state index in [4.69, 9.17) is 18.6 Å². The van der Waals surface area contributed by atoms with E-state index in [1.54, 1.807) is 27.4 Å². The van der Waals surface area contributed by atoms with Crippen LogP contribution < -0.4 is 19.8 Å². The standard InChI is InChI=1S/C25H27NO6/c1-15-9-25(28)32-21-13-20(29-2)17(10-19(15)21)5-6-24(27)26-8-7-16-11-22(30-3)23(31-4)12-18(16)14-26/h9-13H,5-8,14H2,1-4H3. The molecule has 1 aliphatic rings. The van der Waals surface area contributed by atoms with Crippen LogP contribution in [0.1, 0.15) is 28.7 Å². The molecular formula is C25H27NO6. The molecule has 3 aromatic rings. The Morgan fingerprint density at radius 3 is 2.34 bits per heavy atom. The quantitative estimate of drug-likeness (QED) is 0.548. The molecule has 168 valence electrons. The zero-order chi connectivity index (χ0) is 22.8. The summed E-state index contributed by atoms with van der Waals surface area (Å²) in [7, 11) is 4.81. The number of methoxy groups -OCH3 is 3. The van der Waals surface area contributed by atoms with Crippen LogP contribution in [0, 0.1) is 6.92 Å². The van der Waals surface area contributed by atoms with E-state index in [2.05, 4.69) is 0 Å². The molecule has 2 heterocycles. The molecule has 2 aromatic carbocycles. The van der Waals surface area contributed by atoms with Gasteiger partial charge in [0.2, 0.25) is 5.91 Å². The largest absolute Gasteiger partial charge is 0.496 e. The third-order valence-electron chi connectivity index (χ3n) is 6.03. The van der Waals surface area contributed by atoms with Crippen molar-refractivity contribution < 1.29 is 23.4 Å². The summed E-state index contributed by atoms with van der Waals surface area (Å²) in [6.07, 6.45) is 1.67. The van der Waals surface area contributed by atoms with Crippen molar-refractivity contribution in [3.63, 3.8) is 0 Å². The van der Waals surface area contributed by atoms with E-state index in [1.807, 2.05) is 30.0 Å². The number of hydrogen-bond donors (Lipinski definition) is 0. The molecule has 0 fully saturated rings. The fraction of sp³-hybridized carbons (Fsp3) is 0.360. The monoisotopic (exact) mass is 437 g/mol. The Morgan fingerprint density at radius 1 is 0.969 bits per heavy atom. The highest BCUT2D eigenvalue weighted by molar-refractivity contribution is 5.83. The lowest BCUT2D eigenvalue weighted by Gasteiger charge is -2.30. The molecule has 32 heavy (non-hydrogen) atoms. The first-order valence-electron chi connectivity index (χ1n) is 10.6. The number of carbonyl (C=O) groups excluding carboxylic acids is 1. The van der Waals surface area contributed by atoms with E-state index < -0.39 is 0 Å². The molecule has 0 saturated heterocycles. The second-order valence-electron chi connectivity index (χ2n) is 7.95. The molecule has 0 radical (unpaired) electrons. The second kappa shape index (κ2) is 8.94. The molecular weight excluding hydrogens is 410 g/mol. The molecule has 0 aliphatic carbocycles. The molecule has 1 aromatic heterocycles. The van der Waals surface area contributed by atoms with Gasteiger partial charge < -0.3 is 23.5 Å². The van der Waals surface area contributed by atoms with Gasteiger partial charge >= 0.3 is 5.63 Å². The van der Waals surface area contributed by atoms with Crippen LogP contribution in [0.4, 0.5) is 0 Å². The Labute approximate surface area is 186 Å². The van der Waals surface area contributed by atoms with Gasteiger partial charge in [-0.3, -0.25) is 4.79 Å². The van der Waals surface area contributed by atoms with E-state index in [9.17, 15) is 9.59 Å². The molecule has 1 amide bonds. The van der Waals surface area contributed by atoms with E-state index in [1.165, 1.54) is 11.6 Å². The maximum atomic E-state index is 13.0. The summed E-state index contributed by atoms with van der Waals surface area (Å²) in [4.78, 5) is 26.6. The normalized spacial score (nSPS) is 13.1. The zero-order valence-corrected chi connectivity index (χ0v) is 18.8. The summed E-state index contributed by atoms with van der Waals surface area (Å²) < 4.78 is 21.6. The lowest BCUT2D eigenvalue weighted by Crippen LogP contribution is -2.36. The van der Waals surface area contributed by atoms with Crippen molar-refractivity contribution >= 4 is 16.9 Å². The number of carbonyl (C=O) groups is 1. The average molecular weight is 437 g/mol. The van der Waals surface area contributed by atoms with Crippen LogP contribution in [0.3, 0.4) is 0 Å². The van der Waals surface area contributed by atoms with Crippen LogP contribution in [0.15, 0.2) is 39.5 Å². The number of aryl methyl sites for hydroxylation is 2. The van der Waals surface area contributed by atoms with Crippen molar-refractivity contribution in [1.82, 2.24) is 4.90 Å². The van der Waals surface area contributed by atoms with Crippen molar-refractivity contribution in [2.24, 2.45) is 0 Å². The highest BCUT2D eigenvalue weighted by atomic mass is 16.5. The van der Waals surface area contributed by atoms with Crippen LogP contribution in [0.2, 0.25) is 0 Å². The number of ether oxygens (including phenoxy) is 3. The smallest absolute Gasteiger partial charge is 0.336 e. The lowest BCUT2D eigenvalue weighted by molar-refractivity contribution is -0.132. The fourth-order valence-corrected chi connectivity index (χ4v) is 4.27. The van der Waals surface area contributed by atoms with E-state index in [0.29, 0.717) is 48.8 Å². The minimum Gasteiger partial charge on any atom is -0.496 e. The van der Waals surface area contributed by atoms with E-state index >= 15 is 0 Å².